The maximum atomic E-state index is 2.34. The number of hydrogen-bond donors (Lipinski definition) is 0. The van der Waals surface area contributed by atoms with Gasteiger partial charge in [0.25, 0.3) is 0 Å². The van der Waals surface area contributed by atoms with Gasteiger partial charge in [-0.1, -0.05) is 6.08 Å². The van der Waals surface area contributed by atoms with E-state index in [1.165, 1.54) is 13.1 Å². The highest BCUT2D eigenvalue weighted by atomic mass is 15.2. The van der Waals surface area contributed by atoms with Gasteiger partial charge in [-0.05, 0) is 20.2 Å². The number of hydrogen-bond acceptors (Lipinski definition) is 2. The third-order valence-electron chi connectivity index (χ3n) is 1.91. The lowest BCUT2D eigenvalue weighted by molar-refractivity contribution is 0.317. The fourth-order valence-electron chi connectivity index (χ4n) is 1.10. The third-order valence-corrected chi connectivity index (χ3v) is 1.91. The van der Waals surface area contributed by atoms with Crippen molar-refractivity contribution in [3.8, 4) is 0 Å². The van der Waals surface area contributed by atoms with Crippen molar-refractivity contribution in [2.45, 2.75) is 6.92 Å². The first kappa shape index (κ1) is 7.61. The van der Waals surface area contributed by atoms with Crippen LogP contribution in [0.2, 0.25) is 0 Å². The van der Waals surface area contributed by atoms with Crippen LogP contribution in [0.1, 0.15) is 6.92 Å². The van der Waals surface area contributed by atoms with Crippen molar-refractivity contribution in [1.29, 1.82) is 0 Å². The van der Waals surface area contributed by atoms with Crippen LogP contribution < -0.4 is 0 Å². The second kappa shape index (κ2) is 3.62. The van der Waals surface area contributed by atoms with Gasteiger partial charge >= 0.3 is 0 Å². The van der Waals surface area contributed by atoms with Gasteiger partial charge in [-0.3, -0.25) is 0 Å². The molecule has 1 aliphatic heterocycles. The van der Waals surface area contributed by atoms with Crippen LogP contribution in [0.5, 0.6) is 0 Å². The summed E-state index contributed by atoms with van der Waals surface area (Å²) >= 11 is 0. The minimum atomic E-state index is 1.09. The van der Waals surface area contributed by atoms with E-state index in [1.54, 1.807) is 0 Å². The van der Waals surface area contributed by atoms with Crippen LogP contribution in [-0.4, -0.2) is 43.0 Å². The molecule has 2 nitrogen and oxygen atoms in total. The average Bonchev–Trinajstić information content (AvgIpc) is 2.14. The Morgan fingerprint density at radius 2 is 2.20 bits per heavy atom. The number of likely N-dealkylation sites (N-methyl/N-ethyl adjacent to an activating group) is 2. The van der Waals surface area contributed by atoms with Crippen LogP contribution in [0.3, 0.4) is 0 Å². The summed E-state index contributed by atoms with van der Waals surface area (Å²) in [6.07, 6.45) is 4.42. The normalized spacial score (nSPS) is 21.2. The molecular weight excluding hydrogens is 124 g/mol. The monoisotopic (exact) mass is 140 g/mol. The van der Waals surface area contributed by atoms with Crippen molar-refractivity contribution in [2.24, 2.45) is 0 Å². The van der Waals surface area contributed by atoms with Gasteiger partial charge in [0, 0.05) is 26.2 Å². The summed E-state index contributed by atoms with van der Waals surface area (Å²) in [7, 11) is 2.16. The molecule has 0 radical (unpaired) electrons. The van der Waals surface area contributed by atoms with E-state index in [1.807, 2.05) is 0 Å². The van der Waals surface area contributed by atoms with Crippen LogP contribution in [0.4, 0.5) is 0 Å². The molecular formula is C8H16N2. The molecule has 0 N–H and O–H groups in total. The lowest BCUT2D eigenvalue weighted by Crippen LogP contribution is -2.27. The Morgan fingerprint density at radius 1 is 1.40 bits per heavy atom. The van der Waals surface area contributed by atoms with Crippen LogP contribution in [-0.2, 0) is 0 Å². The van der Waals surface area contributed by atoms with Crippen LogP contribution in [0.15, 0.2) is 12.3 Å². The molecule has 1 rings (SSSR count). The number of nitrogens with zero attached hydrogens (tertiary/aromatic N) is 2. The Labute approximate surface area is 63.1 Å². The molecule has 2 heteroatoms. The largest absolute Gasteiger partial charge is 0.377 e. The molecule has 1 heterocycles. The van der Waals surface area contributed by atoms with Gasteiger partial charge in [0.05, 0.1) is 0 Å². The summed E-state index contributed by atoms with van der Waals surface area (Å²) in [4.78, 5) is 4.66. The van der Waals surface area contributed by atoms with E-state index in [4.69, 9.17) is 0 Å². The first-order valence-corrected chi connectivity index (χ1v) is 3.92. The summed E-state index contributed by atoms with van der Waals surface area (Å²) in [5.74, 6) is 0. The molecule has 0 unspecified atom stereocenters. The summed E-state index contributed by atoms with van der Waals surface area (Å²) in [6, 6.07) is 0. The Balaban J connectivity index is 2.38. The Bertz CT molecular complexity index is 120. The van der Waals surface area contributed by atoms with Gasteiger partial charge in [0.2, 0.25) is 0 Å². The van der Waals surface area contributed by atoms with Crippen LogP contribution in [0, 0.1) is 0 Å². The molecule has 0 atom stereocenters. The fourth-order valence-corrected chi connectivity index (χ4v) is 1.10. The van der Waals surface area contributed by atoms with Gasteiger partial charge < -0.3 is 9.80 Å². The summed E-state index contributed by atoms with van der Waals surface area (Å²) in [5, 5.41) is 0. The minimum Gasteiger partial charge on any atom is -0.377 e. The lowest BCUT2D eigenvalue weighted by Gasteiger charge is -2.17. The van der Waals surface area contributed by atoms with Crippen molar-refractivity contribution in [2.75, 3.05) is 33.2 Å². The van der Waals surface area contributed by atoms with Crippen LogP contribution >= 0.6 is 0 Å². The first-order chi connectivity index (χ1) is 4.83. The molecule has 0 aromatic carbocycles. The van der Waals surface area contributed by atoms with E-state index in [2.05, 4.69) is 36.0 Å². The molecule has 0 amide bonds. The Hall–Kier alpha value is -0.500. The van der Waals surface area contributed by atoms with E-state index < -0.39 is 0 Å². The maximum Gasteiger partial charge on any atom is 0.0300 e. The lowest BCUT2D eigenvalue weighted by atomic mass is 10.5. The van der Waals surface area contributed by atoms with Gasteiger partial charge in [0.1, 0.15) is 0 Å². The highest BCUT2D eigenvalue weighted by Gasteiger charge is 2.02. The van der Waals surface area contributed by atoms with E-state index in [0.717, 1.165) is 13.1 Å². The van der Waals surface area contributed by atoms with Crippen molar-refractivity contribution in [3.63, 3.8) is 0 Å². The molecule has 1 aliphatic rings. The molecule has 0 aliphatic carbocycles. The molecule has 0 fully saturated rings. The zero-order valence-electron chi connectivity index (χ0n) is 6.88. The first-order valence-electron chi connectivity index (χ1n) is 3.92. The quantitative estimate of drug-likeness (QED) is 0.531. The summed E-state index contributed by atoms with van der Waals surface area (Å²) < 4.78 is 0. The predicted octanol–water partition coefficient (Wildman–Crippen LogP) is 0.767. The van der Waals surface area contributed by atoms with Crippen molar-refractivity contribution in [3.05, 3.63) is 12.3 Å². The molecule has 58 valence electrons. The van der Waals surface area contributed by atoms with Crippen LogP contribution in [0.25, 0.3) is 0 Å². The summed E-state index contributed by atoms with van der Waals surface area (Å²) in [6.45, 7) is 6.76. The molecule has 0 saturated carbocycles. The zero-order valence-corrected chi connectivity index (χ0v) is 6.88. The number of rotatable bonds is 1. The third kappa shape index (κ3) is 2.03. The highest BCUT2D eigenvalue weighted by Crippen LogP contribution is 1.96. The second-order valence-corrected chi connectivity index (χ2v) is 2.78. The zero-order chi connectivity index (χ0) is 7.40. The molecule has 0 saturated heterocycles. The molecule has 0 spiro atoms. The second-order valence-electron chi connectivity index (χ2n) is 2.78. The fraction of sp³-hybridized carbons (Fsp3) is 0.750. The van der Waals surface area contributed by atoms with Gasteiger partial charge in [-0.25, -0.2) is 0 Å². The van der Waals surface area contributed by atoms with E-state index in [9.17, 15) is 0 Å². The Kier molecular flexibility index (Phi) is 2.75. The molecule has 10 heavy (non-hydrogen) atoms. The molecule has 0 aromatic rings. The van der Waals surface area contributed by atoms with E-state index in [0.29, 0.717) is 0 Å². The van der Waals surface area contributed by atoms with Gasteiger partial charge in [0.15, 0.2) is 0 Å². The molecule has 0 aromatic heterocycles. The van der Waals surface area contributed by atoms with Crippen molar-refractivity contribution >= 4 is 0 Å². The SMILES string of the molecule is CCN1C=CCN(C)CC1. The van der Waals surface area contributed by atoms with Gasteiger partial charge in [-0.2, -0.15) is 0 Å². The predicted molar refractivity (Wildman–Crippen MR) is 43.9 cm³/mol. The Morgan fingerprint density at radius 3 is 2.90 bits per heavy atom. The average molecular weight is 140 g/mol. The topological polar surface area (TPSA) is 6.48 Å². The van der Waals surface area contributed by atoms with Crippen molar-refractivity contribution in [1.82, 2.24) is 9.80 Å². The summed E-state index contributed by atoms with van der Waals surface area (Å²) in [5.41, 5.74) is 0. The van der Waals surface area contributed by atoms with Gasteiger partial charge in [-0.15, -0.1) is 0 Å². The highest BCUT2D eigenvalue weighted by molar-refractivity contribution is 4.87. The minimum absolute atomic E-state index is 1.09. The van der Waals surface area contributed by atoms with E-state index in [-0.39, 0.29) is 0 Å². The van der Waals surface area contributed by atoms with Crippen molar-refractivity contribution < 1.29 is 0 Å². The smallest absolute Gasteiger partial charge is 0.0300 e. The molecule has 0 bridgehead atoms. The maximum absolute atomic E-state index is 2.34. The standard InChI is InChI=1S/C8H16N2/c1-3-10-6-4-5-9(2)7-8-10/h4,6H,3,5,7-8H2,1-2H3. The van der Waals surface area contributed by atoms with E-state index >= 15 is 0 Å².